The second kappa shape index (κ2) is 6.61. The average molecular weight is 287 g/mol. The van der Waals surface area contributed by atoms with Crippen molar-refractivity contribution >= 4 is 5.91 Å². The van der Waals surface area contributed by atoms with E-state index < -0.39 is 6.10 Å². The molecule has 0 bridgehead atoms. The number of likely N-dealkylation sites (tertiary alicyclic amines) is 1. The van der Waals surface area contributed by atoms with E-state index in [1.165, 1.54) is 12.8 Å². The lowest BCUT2D eigenvalue weighted by molar-refractivity contribution is -0.133. The molecule has 1 N–H and O–H groups in total. The molecule has 1 unspecified atom stereocenters. The number of hydrogen-bond acceptors (Lipinski definition) is 2. The summed E-state index contributed by atoms with van der Waals surface area (Å²) in [7, 11) is 0. The van der Waals surface area contributed by atoms with Crippen LogP contribution in [0, 0.1) is 11.8 Å². The third-order valence-electron chi connectivity index (χ3n) is 4.94. The van der Waals surface area contributed by atoms with Gasteiger partial charge < -0.3 is 10.0 Å². The molecular formula is C18H25NO2. The summed E-state index contributed by atoms with van der Waals surface area (Å²) in [6, 6.07) is 9.87. The number of aliphatic hydroxyl groups is 1. The molecule has 2 aliphatic rings. The van der Waals surface area contributed by atoms with E-state index in [-0.39, 0.29) is 5.92 Å². The van der Waals surface area contributed by atoms with E-state index in [2.05, 4.69) is 0 Å². The standard InChI is InChI=1S/C18H25NO2/c20-17(9-8-14-6-7-14)19-12-10-16(11-13-19)18(21)15-4-2-1-3-5-15/h1-5,14,16,18,21H,6-13H2. The van der Waals surface area contributed by atoms with Gasteiger partial charge in [-0.05, 0) is 36.7 Å². The van der Waals surface area contributed by atoms with Crippen molar-refractivity contribution in [3.63, 3.8) is 0 Å². The van der Waals surface area contributed by atoms with Crippen LogP contribution in [0.3, 0.4) is 0 Å². The van der Waals surface area contributed by atoms with E-state index in [4.69, 9.17) is 0 Å². The highest BCUT2D eigenvalue weighted by molar-refractivity contribution is 5.76. The average Bonchev–Trinajstić information content (AvgIpc) is 3.37. The molecule has 1 amide bonds. The van der Waals surface area contributed by atoms with Gasteiger partial charge in [-0.15, -0.1) is 0 Å². The predicted molar refractivity (Wildman–Crippen MR) is 82.7 cm³/mol. The van der Waals surface area contributed by atoms with E-state index in [0.717, 1.165) is 50.3 Å². The molecule has 1 aromatic carbocycles. The summed E-state index contributed by atoms with van der Waals surface area (Å²) in [6.45, 7) is 1.61. The number of piperidine rings is 1. The minimum atomic E-state index is -0.394. The molecule has 3 nitrogen and oxygen atoms in total. The molecule has 1 aromatic rings. The van der Waals surface area contributed by atoms with Gasteiger partial charge >= 0.3 is 0 Å². The maximum Gasteiger partial charge on any atom is 0.222 e. The van der Waals surface area contributed by atoms with Crippen molar-refractivity contribution in [3.05, 3.63) is 35.9 Å². The molecule has 1 saturated heterocycles. The number of amides is 1. The van der Waals surface area contributed by atoms with Gasteiger partial charge in [-0.2, -0.15) is 0 Å². The summed E-state index contributed by atoms with van der Waals surface area (Å²) >= 11 is 0. The van der Waals surface area contributed by atoms with Crippen molar-refractivity contribution < 1.29 is 9.90 Å². The van der Waals surface area contributed by atoms with E-state index in [1.54, 1.807) is 0 Å². The molecule has 2 fully saturated rings. The first-order valence-corrected chi connectivity index (χ1v) is 8.25. The first kappa shape index (κ1) is 14.6. The monoisotopic (exact) mass is 287 g/mol. The van der Waals surface area contributed by atoms with E-state index in [9.17, 15) is 9.90 Å². The van der Waals surface area contributed by atoms with Crippen LogP contribution in [0.2, 0.25) is 0 Å². The molecule has 0 spiro atoms. The fraction of sp³-hybridized carbons (Fsp3) is 0.611. The normalized spacial score (nSPS) is 21.3. The summed E-state index contributed by atoms with van der Waals surface area (Å²) in [5.41, 5.74) is 0.996. The summed E-state index contributed by atoms with van der Waals surface area (Å²) in [5, 5.41) is 10.5. The Balaban J connectivity index is 1.46. The lowest BCUT2D eigenvalue weighted by Crippen LogP contribution is -2.39. The molecule has 1 heterocycles. The summed E-state index contributed by atoms with van der Waals surface area (Å²) in [4.78, 5) is 14.1. The summed E-state index contributed by atoms with van der Waals surface area (Å²) in [6.07, 6.45) is 5.85. The van der Waals surface area contributed by atoms with Crippen molar-refractivity contribution in [1.82, 2.24) is 4.90 Å². The van der Waals surface area contributed by atoms with Crippen LogP contribution in [-0.4, -0.2) is 29.0 Å². The Kier molecular flexibility index (Phi) is 4.59. The predicted octanol–water partition coefficient (Wildman–Crippen LogP) is 3.15. The van der Waals surface area contributed by atoms with Gasteiger partial charge in [0.1, 0.15) is 0 Å². The Morgan fingerprint density at radius 1 is 1.14 bits per heavy atom. The molecule has 114 valence electrons. The zero-order valence-corrected chi connectivity index (χ0v) is 12.6. The Morgan fingerprint density at radius 3 is 2.43 bits per heavy atom. The van der Waals surface area contributed by atoms with Gasteiger partial charge in [0.25, 0.3) is 0 Å². The number of hydrogen-bond donors (Lipinski definition) is 1. The van der Waals surface area contributed by atoms with Crippen LogP contribution in [0.15, 0.2) is 30.3 Å². The first-order chi connectivity index (χ1) is 10.2. The number of benzene rings is 1. The molecule has 0 radical (unpaired) electrons. The molecule has 1 saturated carbocycles. The Bertz CT molecular complexity index is 461. The van der Waals surface area contributed by atoms with Crippen molar-refractivity contribution in [2.24, 2.45) is 11.8 Å². The highest BCUT2D eigenvalue weighted by Gasteiger charge is 2.29. The van der Waals surface area contributed by atoms with Crippen molar-refractivity contribution in [3.8, 4) is 0 Å². The summed E-state index contributed by atoms with van der Waals surface area (Å²) in [5.74, 6) is 1.42. The van der Waals surface area contributed by atoms with Crippen LogP contribution in [0.5, 0.6) is 0 Å². The largest absolute Gasteiger partial charge is 0.388 e. The number of aliphatic hydroxyl groups excluding tert-OH is 1. The van der Waals surface area contributed by atoms with Gasteiger partial charge in [0, 0.05) is 19.5 Å². The third-order valence-corrected chi connectivity index (χ3v) is 4.94. The van der Waals surface area contributed by atoms with Crippen LogP contribution in [0.25, 0.3) is 0 Å². The highest BCUT2D eigenvalue weighted by atomic mass is 16.3. The second-order valence-corrected chi connectivity index (χ2v) is 6.56. The van der Waals surface area contributed by atoms with Crippen LogP contribution < -0.4 is 0 Å². The zero-order valence-electron chi connectivity index (χ0n) is 12.6. The van der Waals surface area contributed by atoms with Gasteiger partial charge in [-0.3, -0.25) is 4.79 Å². The third kappa shape index (κ3) is 3.85. The topological polar surface area (TPSA) is 40.5 Å². The van der Waals surface area contributed by atoms with E-state index >= 15 is 0 Å². The van der Waals surface area contributed by atoms with Crippen LogP contribution >= 0.6 is 0 Å². The number of rotatable bonds is 5. The minimum absolute atomic E-state index is 0.278. The quantitative estimate of drug-likeness (QED) is 0.903. The Hall–Kier alpha value is -1.35. The Morgan fingerprint density at radius 2 is 1.81 bits per heavy atom. The van der Waals surface area contributed by atoms with Gasteiger partial charge in [0.15, 0.2) is 0 Å². The number of nitrogens with zero attached hydrogens (tertiary/aromatic N) is 1. The maximum atomic E-state index is 12.1. The van der Waals surface area contributed by atoms with Crippen molar-refractivity contribution in [2.75, 3.05) is 13.1 Å². The number of carbonyl (C=O) groups is 1. The molecule has 1 aliphatic carbocycles. The Labute approximate surface area is 127 Å². The van der Waals surface area contributed by atoms with E-state index in [1.807, 2.05) is 35.2 Å². The SMILES string of the molecule is O=C(CCC1CC1)N1CCC(C(O)c2ccccc2)CC1. The van der Waals surface area contributed by atoms with Crippen LogP contribution in [0.4, 0.5) is 0 Å². The smallest absolute Gasteiger partial charge is 0.222 e. The van der Waals surface area contributed by atoms with Gasteiger partial charge in [-0.25, -0.2) is 0 Å². The number of carbonyl (C=O) groups excluding carboxylic acids is 1. The molecule has 0 aromatic heterocycles. The van der Waals surface area contributed by atoms with Gasteiger partial charge in [-0.1, -0.05) is 43.2 Å². The minimum Gasteiger partial charge on any atom is -0.388 e. The van der Waals surface area contributed by atoms with Gasteiger partial charge in [0.05, 0.1) is 6.10 Å². The molecule has 21 heavy (non-hydrogen) atoms. The van der Waals surface area contributed by atoms with Crippen LogP contribution in [0.1, 0.15) is 50.2 Å². The fourth-order valence-corrected chi connectivity index (χ4v) is 3.28. The highest BCUT2D eigenvalue weighted by Crippen LogP contribution is 2.34. The van der Waals surface area contributed by atoms with Gasteiger partial charge in [0.2, 0.25) is 5.91 Å². The summed E-state index contributed by atoms with van der Waals surface area (Å²) < 4.78 is 0. The van der Waals surface area contributed by atoms with Crippen LogP contribution in [-0.2, 0) is 4.79 Å². The molecule has 1 aliphatic heterocycles. The fourth-order valence-electron chi connectivity index (χ4n) is 3.28. The first-order valence-electron chi connectivity index (χ1n) is 8.25. The van der Waals surface area contributed by atoms with Crippen molar-refractivity contribution in [2.45, 2.75) is 44.6 Å². The van der Waals surface area contributed by atoms with Crippen molar-refractivity contribution in [1.29, 1.82) is 0 Å². The lowest BCUT2D eigenvalue weighted by Gasteiger charge is -2.34. The lowest BCUT2D eigenvalue weighted by atomic mass is 9.87. The molecule has 1 atom stereocenters. The maximum absolute atomic E-state index is 12.1. The zero-order chi connectivity index (χ0) is 14.7. The van der Waals surface area contributed by atoms with E-state index in [0.29, 0.717) is 5.91 Å². The second-order valence-electron chi connectivity index (χ2n) is 6.56. The molecular weight excluding hydrogens is 262 g/mol. The molecule has 3 heteroatoms. The molecule has 3 rings (SSSR count).